The van der Waals surface area contributed by atoms with Crippen molar-refractivity contribution in [2.45, 2.75) is 18.9 Å². The lowest BCUT2D eigenvalue weighted by Gasteiger charge is -2.27. The van der Waals surface area contributed by atoms with E-state index in [2.05, 4.69) is 22.5 Å². The quantitative estimate of drug-likeness (QED) is 0.840. The Morgan fingerprint density at radius 1 is 1.60 bits per heavy atom. The lowest BCUT2D eigenvalue weighted by molar-refractivity contribution is -0.139. The topological polar surface area (TPSA) is 57.6 Å². The van der Waals surface area contributed by atoms with Crippen LogP contribution in [-0.2, 0) is 9.59 Å². The van der Waals surface area contributed by atoms with E-state index in [-0.39, 0.29) is 18.2 Å². The number of hydrogen-bond donors (Lipinski definition) is 1. The lowest BCUT2D eigenvalue weighted by Crippen LogP contribution is -2.31. The predicted octanol–water partition coefficient (Wildman–Crippen LogP) is 3.00. The van der Waals surface area contributed by atoms with Gasteiger partial charge in [-0.1, -0.05) is 34.1 Å². The second-order valence-electron chi connectivity index (χ2n) is 4.91. The summed E-state index contributed by atoms with van der Waals surface area (Å²) >= 11 is 3.38. The van der Waals surface area contributed by atoms with Gasteiger partial charge in [0.25, 0.3) is 0 Å². The Kier molecular flexibility index (Phi) is 4.60. The van der Waals surface area contributed by atoms with E-state index in [4.69, 9.17) is 5.11 Å². The van der Waals surface area contributed by atoms with Gasteiger partial charge in [-0.25, -0.2) is 0 Å². The third-order valence-corrected chi connectivity index (χ3v) is 3.99. The van der Waals surface area contributed by atoms with Crippen LogP contribution in [0, 0.1) is 5.92 Å². The van der Waals surface area contributed by atoms with Gasteiger partial charge in [-0.15, -0.1) is 6.58 Å². The van der Waals surface area contributed by atoms with Crippen LogP contribution in [0.25, 0.3) is 0 Å². The molecule has 1 saturated heterocycles. The van der Waals surface area contributed by atoms with Crippen molar-refractivity contribution in [1.82, 2.24) is 4.90 Å². The van der Waals surface area contributed by atoms with Gasteiger partial charge >= 0.3 is 5.97 Å². The highest BCUT2D eigenvalue weighted by atomic mass is 79.9. The smallest absolute Gasteiger partial charge is 0.305 e. The zero-order valence-corrected chi connectivity index (χ0v) is 12.5. The minimum Gasteiger partial charge on any atom is -0.481 e. The fourth-order valence-electron chi connectivity index (χ4n) is 2.51. The molecular weight excluding hydrogens is 322 g/mol. The predicted molar refractivity (Wildman–Crippen MR) is 79.2 cm³/mol. The van der Waals surface area contributed by atoms with Crippen LogP contribution in [0.3, 0.4) is 0 Å². The minimum absolute atomic E-state index is 0.0128. The number of carboxylic acids is 1. The molecule has 1 aliphatic heterocycles. The summed E-state index contributed by atoms with van der Waals surface area (Å²) in [4.78, 5) is 24.9. The number of halogens is 1. The van der Waals surface area contributed by atoms with E-state index >= 15 is 0 Å². The summed E-state index contributed by atoms with van der Waals surface area (Å²) < 4.78 is 0.873. The molecular formula is C15H16BrNO3. The maximum Gasteiger partial charge on any atom is 0.305 e. The van der Waals surface area contributed by atoms with Crippen molar-refractivity contribution in [3.05, 3.63) is 47.0 Å². The van der Waals surface area contributed by atoms with Crippen molar-refractivity contribution in [3.8, 4) is 0 Å². The molecule has 2 atom stereocenters. The van der Waals surface area contributed by atoms with Gasteiger partial charge in [0, 0.05) is 23.4 Å². The SMILES string of the molecule is C=CC1CC(=O)N(C(CC(=O)O)c2cccc(Br)c2)C1. The molecule has 20 heavy (non-hydrogen) atoms. The Hall–Kier alpha value is -1.62. The number of carbonyl (C=O) groups excluding carboxylic acids is 1. The first-order valence-corrected chi connectivity index (χ1v) is 7.20. The molecule has 1 amide bonds. The van der Waals surface area contributed by atoms with Crippen molar-refractivity contribution in [2.24, 2.45) is 5.92 Å². The van der Waals surface area contributed by atoms with Gasteiger partial charge in [0.2, 0.25) is 5.91 Å². The maximum absolute atomic E-state index is 12.1. The van der Waals surface area contributed by atoms with E-state index < -0.39 is 12.0 Å². The highest BCUT2D eigenvalue weighted by Crippen LogP contribution is 2.32. The summed E-state index contributed by atoms with van der Waals surface area (Å²) in [6.07, 6.45) is 2.08. The molecule has 106 valence electrons. The first-order valence-electron chi connectivity index (χ1n) is 6.40. The zero-order valence-electron chi connectivity index (χ0n) is 11.0. The largest absolute Gasteiger partial charge is 0.481 e. The number of benzene rings is 1. The Balaban J connectivity index is 2.30. The van der Waals surface area contributed by atoms with E-state index in [0.717, 1.165) is 10.0 Å². The highest BCUT2D eigenvalue weighted by molar-refractivity contribution is 9.10. The average molecular weight is 338 g/mol. The van der Waals surface area contributed by atoms with E-state index in [1.54, 1.807) is 11.0 Å². The van der Waals surface area contributed by atoms with E-state index in [9.17, 15) is 9.59 Å². The summed E-state index contributed by atoms with van der Waals surface area (Å²) in [5.41, 5.74) is 0.833. The molecule has 1 aromatic rings. The monoisotopic (exact) mass is 337 g/mol. The Morgan fingerprint density at radius 3 is 2.90 bits per heavy atom. The molecule has 1 heterocycles. The molecule has 1 aliphatic rings. The Bertz CT molecular complexity index is 544. The van der Waals surface area contributed by atoms with Crippen molar-refractivity contribution >= 4 is 27.8 Å². The summed E-state index contributed by atoms with van der Waals surface area (Å²) in [6.45, 7) is 4.25. The van der Waals surface area contributed by atoms with E-state index in [1.165, 1.54) is 0 Å². The summed E-state index contributed by atoms with van der Waals surface area (Å²) in [5.74, 6) is -0.822. The molecule has 1 N–H and O–H groups in total. The molecule has 0 saturated carbocycles. The molecule has 2 rings (SSSR count). The molecule has 4 nitrogen and oxygen atoms in total. The number of likely N-dealkylation sites (tertiary alicyclic amines) is 1. The third kappa shape index (κ3) is 3.28. The number of aliphatic carboxylic acids is 1. The fraction of sp³-hybridized carbons (Fsp3) is 0.333. The van der Waals surface area contributed by atoms with Crippen LogP contribution < -0.4 is 0 Å². The van der Waals surface area contributed by atoms with E-state index in [1.807, 2.05) is 24.3 Å². The number of amides is 1. The van der Waals surface area contributed by atoms with Crippen LogP contribution >= 0.6 is 15.9 Å². The van der Waals surface area contributed by atoms with Crippen molar-refractivity contribution in [1.29, 1.82) is 0 Å². The second-order valence-corrected chi connectivity index (χ2v) is 5.83. The van der Waals surface area contributed by atoms with E-state index in [0.29, 0.717) is 13.0 Å². The van der Waals surface area contributed by atoms with Crippen LogP contribution in [0.1, 0.15) is 24.4 Å². The molecule has 0 aliphatic carbocycles. The highest BCUT2D eigenvalue weighted by Gasteiger charge is 2.34. The molecule has 5 heteroatoms. The van der Waals surface area contributed by atoms with Crippen molar-refractivity contribution in [3.63, 3.8) is 0 Å². The molecule has 0 radical (unpaired) electrons. The van der Waals surface area contributed by atoms with Crippen LogP contribution in [0.5, 0.6) is 0 Å². The molecule has 1 fully saturated rings. The van der Waals surface area contributed by atoms with Crippen LogP contribution in [0.15, 0.2) is 41.4 Å². The Morgan fingerprint density at radius 2 is 2.35 bits per heavy atom. The van der Waals surface area contributed by atoms with Crippen molar-refractivity contribution < 1.29 is 14.7 Å². The average Bonchev–Trinajstić information content (AvgIpc) is 2.77. The standard InChI is InChI=1S/C15H16BrNO3/c1-2-10-6-14(18)17(9-10)13(8-15(19)20)11-4-3-5-12(16)7-11/h2-5,7,10,13H,1,6,8-9H2,(H,19,20). The fourth-order valence-corrected chi connectivity index (χ4v) is 2.92. The number of nitrogens with zero attached hydrogens (tertiary/aromatic N) is 1. The first kappa shape index (κ1) is 14.8. The number of hydrogen-bond acceptors (Lipinski definition) is 2. The summed E-state index contributed by atoms with van der Waals surface area (Å²) in [6, 6.07) is 7.01. The molecule has 0 spiro atoms. The molecule has 1 aromatic carbocycles. The van der Waals surface area contributed by atoms with Crippen LogP contribution in [0.4, 0.5) is 0 Å². The minimum atomic E-state index is -0.912. The van der Waals surface area contributed by atoms with Gasteiger partial charge in [0.1, 0.15) is 0 Å². The number of carboxylic acid groups (broad SMARTS) is 1. The second kappa shape index (κ2) is 6.22. The maximum atomic E-state index is 12.1. The van der Waals surface area contributed by atoms with Crippen LogP contribution in [0.2, 0.25) is 0 Å². The van der Waals surface area contributed by atoms with Gasteiger partial charge < -0.3 is 10.0 Å². The summed E-state index contributed by atoms with van der Waals surface area (Å²) in [7, 11) is 0. The normalized spacial score (nSPS) is 19.9. The Labute approximate surface area is 126 Å². The summed E-state index contributed by atoms with van der Waals surface area (Å²) in [5, 5.41) is 9.11. The van der Waals surface area contributed by atoms with Gasteiger partial charge in [-0.2, -0.15) is 0 Å². The van der Waals surface area contributed by atoms with Gasteiger partial charge in [0.05, 0.1) is 12.5 Å². The molecule has 0 aromatic heterocycles. The first-order chi connectivity index (χ1) is 9.51. The van der Waals surface area contributed by atoms with Crippen molar-refractivity contribution in [2.75, 3.05) is 6.54 Å². The van der Waals surface area contributed by atoms with Gasteiger partial charge in [-0.05, 0) is 17.7 Å². The zero-order chi connectivity index (χ0) is 14.7. The van der Waals surface area contributed by atoms with Crippen LogP contribution in [-0.4, -0.2) is 28.4 Å². The lowest BCUT2D eigenvalue weighted by atomic mass is 10.0. The molecule has 0 bridgehead atoms. The molecule has 2 unspecified atom stereocenters. The van der Waals surface area contributed by atoms with Gasteiger partial charge in [-0.3, -0.25) is 9.59 Å². The van der Waals surface area contributed by atoms with Gasteiger partial charge in [0.15, 0.2) is 0 Å². The number of rotatable bonds is 5. The number of carbonyl (C=O) groups is 2. The third-order valence-electron chi connectivity index (χ3n) is 3.50.